The molecule has 4 heteroatoms. The van der Waals surface area contributed by atoms with E-state index >= 15 is 0 Å². The van der Waals surface area contributed by atoms with Crippen LogP contribution in [0.5, 0.6) is 0 Å². The third kappa shape index (κ3) is 2.28. The highest BCUT2D eigenvalue weighted by atomic mass is 35.5. The monoisotopic (exact) mass is 215 g/mol. The van der Waals surface area contributed by atoms with Crippen LogP contribution in [0.3, 0.4) is 0 Å². The van der Waals surface area contributed by atoms with Gasteiger partial charge < -0.3 is 5.73 Å². The van der Waals surface area contributed by atoms with Gasteiger partial charge in [-0.2, -0.15) is 5.10 Å². The molecule has 0 aliphatic heterocycles. The fourth-order valence-corrected chi connectivity index (χ4v) is 1.93. The van der Waals surface area contributed by atoms with E-state index in [1.54, 1.807) is 6.20 Å². The molecule has 0 fully saturated rings. The summed E-state index contributed by atoms with van der Waals surface area (Å²) in [6.07, 6.45) is 2.65. The van der Waals surface area contributed by atoms with Crippen LogP contribution in [0.25, 0.3) is 0 Å². The van der Waals surface area contributed by atoms with Crippen LogP contribution in [0.2, 0.25) is 5.02 Å². The summed E-state index contributed by atoms with van der Waals surface area (Å²) < 4.78 is 1.97. The van der Waals surface area contributed by atoms with Crippen LogP contribution in [0.15, 0.2) is 6.20 Å². The molecule has 0 aromatic carbocycles. The normalized spacial score (nSPS) is 13.6. The van der Waals surface area contributed by atoms with Gasteiger partial charge in [0.05, 0.1) is 16.9 Å². The number of halogens is 1. The van der Waals surface area contributed by atoms with Crippen molar-refractivity contribution in [1.82, 2.24) is 9.78 Å². The van der Waals surface area contributed by atoms with Crippen molar-refractivity contribution in [3.05, 3.63) is 16.9 Å². The van der Waals surface area contributed by atoms with Gasteiger partial charge in [-0.1, -0.05) is 18.5 Å². The first-order chi connectivity index (χ1) is 6.57. The van der Waals surface area contributed by atoms with Crippen molar-refractivity contribution in [2.24, 2.45) is 5.73 Å². The zero-order valence-electron chi connectivity index (χ0n) is 9.00. The third-order valence-electron chi connectivity index (χ3n) is 2.34. The van der Waals surface area contributed by atoms with E-state index in [2.05, 4.69) is 25.9 Å². The maximum absolute atomic E-state index is 6.10. The average molecular weight is 216 g/mol. The lowest BCUT2D eigenvalue weighted by Gasteiger charge is -2.16. The van der Waals surface area contributed by atoms with E-state index in [-0.39, 0.29) is 0 Å². The molecule has 14 heavy (non-hydrogen) atoms. The number of nitrogens with two attached hydrogens (primary N) is 1. The van der Waals surface area contributed by atoms with Crippen LogP contribution in [0, 0.1) is 0 Å². The average Bonchev–Trinajstić information content (AvgIpc) is 2.47. The second-order valence-electron chi connectivity index (χ2n) is 3.89. The lowest BCUT2D eigenvalue weighted by atomic mass is 10.0. The molecule has 0 amide bonds. The Hall–Kier alpha value is -0.540. The quantitative estimate of drug-likeness (QED) is 0.839. The van der Waals surface area contributed by atoms with E-state index in [4.69, 9.17) is 17.3 Å². The highest BCUT2D eigenvalue weighted by Gasteiger charge is 2.17. The number of aromatic nitrogens is 2. The van der Waals surface area contributed by atoms with Gasteiger partial charge in [-0.15, -0.1) is 0 Å². The summed E-state index contributed by atoms with van der Waals surface area (Å²) >= 11 is 6.10. The summed E-state index contributed by atoms with van der Waals surface area (Å²) in [6.45, 7) is 7.01. The molecule has 0 saturated heterocycles. The molecule has 2 N–H and O–H groups in total. The van der Waals surface area contributed by atoms with Crippen molar-refractivity contribution in [2.45, 2.75) is 39.2 Å². The Balaban J connectivity index is 2.98. The lowest BCUT2D eigenvalue weighted by molar-refractivity contribution is 0.484. The summed E-state index contributed by atoms with van der Waals surface area (Å²) in [5.74, 6) is 0.373. The molecule has 0 spiro atoms. The summed E-state index contributed by atoms with van der Waals surface area (Å²) in [5.41, 5.74) is 6.64. The van der Waals surface area contributed by atoms with Gasteiger partial charge in [0.1, 0.15) is 0 Å². The molecule has 1 aromatic heterocycles. The largest absolute Gasteiger partial charge is 0.330 e. The van der Waals surface area contributed by atoms with Crippen LogP contribution < -0.4 is 5.73 Å². The molecule has 1 heterocycles. The zero-order valence-corrected chi connectivity index (χ0v) is 9.75. The maximum Gasteiger partial charge on any atom is 0.0820 e. The predicted octanol–water partition coefficient (Wildman–Crippen LogP) is 2.57. The highest BCUT2D eigenvalue weighted by molar-refractivity contribution is 6.31. The van der Waals surface area contributed by atoms with Gasteiger partial charge in [0, 0.05) is 12.0 Å². The van der Waals surface area contributed by atoms with Gasteiger partial charge >= 0.3 is 0 Å². The van der Waals surface area contributed by atoms with E-state index in [0.29, 0.717) is 18.5 Å². The minimum atomic E-state index is 0.345. The molecular weight excluding hydrogens is 198 g/mol. The van der Waals surface area contributed by atoms with Crippen molar-refractivity contribution in [2.75, 3.05) is 6.54 Å². The molecule has 1 atom stereocenters. The molecule has 3 nitrogen and oxygen atoms in total. The molecule has 1 unspecified atom stereocenters. The van der Waals surface area contributed by atoms with E-state index in [1.807, 2.05) is 4.68 Å². The number of hydrogen-bond donors (Lipinski definition) is 1. The van der Waals surface area contributed by atoms with Crippen LogP contribution in [-0.4, -0.2) is 16.3 Å². The summed E-state index contributed by atoms with van der Waals surface area (Å²) in [4.78, 5) is 0. The number of hydrogen-bond acceptors (Lipinski definition) is 2. The second kappa shape index (κ2) is 4.80. The van der Waals surface area contributed by atoms with Crippen LogP contribution >= 0.6 is 11.6 Å². The SMILES string of the molecule is CC(CCN)c1c(Cl)cnn1C(C)C. The van der Waals surface area contributed by atoms with Gasteiger partial charge in [0.15, 0.2) is 0 Å². The molecule has 0 saturated carbocycles. The molecule has 0 aliphatic rings. The van der Waals surface area contributed by atoms with E-state index in [9.17, 15) is 0 Å². The molecule has 1 rings (SSSR count). The standard InChI is InChI=1S/C10H18ClN3/c1-7(2)14-10(8(3)4-5-12)9(11)6-13-14/h6-8H,4-5,12H2,1-3H3. The van der Waals surface area contributed by atoms with Crippen molar-refractivity contribution < 1.29 is 0 Å². The van der Waals surface area contributed by atoms with Crippen molar-refractivity contribution in [3.63, 3.8) is 0 Å². The molecular formula is C10H18ClN3. The van der Waals surface area contributed by atoms with Gasteiger partial charge in [0.25, 0.3) is 0 Å². The molecule has 1 aromatic rings. The molecule has 0 aliphatic carbocycles. The smallest absolute Gasteiger partial charge is 0.0820 e. The Labute approximate surface area is 90.2 Å². The van der Waals surface area contributed by atoms with Crippen LogP contribution in [0.4, 0.5) is 0 Å². The van der Waals surface area contributed by atoms with Crippen molar-refractivity contribution in [3.8, 4) is 0 Å². The van der Waals surface area contributed by atoms with Gasteiger partial charge in [-0.25, -0.2) is 0 Å². The van der Waals surface area contributed by atoms with Crippen molar-refractivity contribution in [1.29, 1.82) is 0 Å². The first kappa shape index (κ1) is 11.5. The lowest BCUT2D eigenvalue weighted by Crippen LogP contribution is -2.13. The molecule has 80 valence electrons. The topological polar surface area (TPSA) is 43.8 Å². The first-order valence-electron chi connectivity index (χ1n) is 5.00. The van der Waals surface area contributed by atoms with Crippen LogP contribution in [0.1, 0.15) is 44.8 Å². The minimum Gasteiger partial charge on any atom is -0.330 e. The summed E-state index contributed by atoms with van der Waals surface area (Å²) in [6, 6.07) is 0.345. The van der Waals surface area contributed by atoms with Gasteiger partial charge in [0.2, 0.25) is 0 Å². The number of nitrogens with zero attached hydrogens (tertiary/aromatic N) is 2. The summed E-state index contributed by atoms with van der Waals surface area (Å²) in [5, 5.41) is 5.01. The van der Waals surface area contributed by atoms with E-state index in [0.717, 1.165) is 17.1 Å². The Morgan fingerprint density at radius 2 is 2.14 bits per heavy atom. The first-order valence-corrected chi connectivity index (χ1v) is 5.38. The maximum atomic E-state index is 6.10. The fraction of sp³-hybridized carbons (Fsp3) is 0.700. The van der Waals surface area contributed by atoms with Gasteiger partial charge in [-0.3, -0.25) is 4.68 Å². The second-order valence-corrected chi connectivity index (χ2v) is 4.30. The van der Waals surface area contributed by atoms with E-state index in [1.165, 1.54) is 0 Å². The zero-order chi connectivity index (χ0) is 10.7. The number of rotatable bonds is 4. The molecule has 0 bridgehead atoms. The Morgan fingerprint density at radius 1 is 1.50 bits per heavy atom. The van der Waals surface area contributed by atoms with Crippen molar-refractivity contribution >= 4 is 11.6 Å². The Morgan fingerprint density at radius 3 is 2.64 bits per heavy atom. The van der Waals surface area contributed by atoms with Crippen LogP contribution in [-0.2, 0) is 0 Å². The summed E-state index contributed by atoms with van der Waals surface area (Å²) in [7, 11) is 0. The fourth-order valence-electron chi connectivity index (χ4n) is 1.61. The molecule has 0 radical (unpaired) electrons. The minimum absolute atomic E-state index is 0.345. The Bertz CT molecular complexity index is 294. The van der Waals surface area contributed by atoms with E-state index < -0.39 is 0 Å². The third-order valence-corrected chi connectivity index (χ3v) is 2.63. The highest BCUT2D eigenvalue weighted by Crippen LogP contribution is 2.28. The Kier molecular flexibility index (Phi) is 3.96. The predicted molar refractivity (Wildman–Crippen MR) is 59.7 cm³/mol. The van der Waals surface area contributed by atoms with Gasteiger partial charge in [-0.05, 0) is 26.8 Å².